The van der Waals surface area contributed by atoms with Crippen molar-refractivity contribution < 1.29 is 9.59 Å². The first-order valence-electron chi connectivity index (χ1n) is 8.50. The van der Waals surface area contributed by atoms with E-state index >= 15 is 0 Å². The molecule has 0 aliphatic carbocycles. The number of hydrogen-bond donors (Lipinski definition) is 2. The van der Waals surface area contributed by atoms with Gasteiger partial charge < -0.3 is 10.6 Å². The largest absolute Gasteiger partial charge is 0.343 e. The number of nitrogens with zero attached hydrogens (tertiary/aromatic N) is 2. The third-order valence-electron chi connectivity index (χ3n) is 4.01. The standard InChI is InChI=1S/C20H19ClN4O2S/c1-13-3-8-17(16(21)11-13)24-18(26)12-23-19(27)14-4-6-15(7-5-14)25-10-9-22-20(25)28-2/h3-11H,12H2,1-2H3,(H,23,27)(H,24,26). The van der Waals surface area contributed by atoms with Crippen LogP contribution in [0.1, 0.15) is 15.9 Å². The predicted octanol–water partition coefficient (Wildman–Crippen LogP) is 3.92. The summed E-state index contributed by atoms with van der Waals surface area (Å²) in [6.07, 6.45) is 5.54. The highest BCUT2D eigenvalue weighted by Gasteiger charge is 2.11. The Morgan fingerprint density at radius 2 is 1.93 bits per heavy atom. The van der Waals surface area contributed by atoms with Gasteiger partial charge in [-0.1, -0.05) is 29.4 Å². The monoisotopic (exact) mass is 414 g/mol. The molecule has 0 unspecified atom stereocenters. The van der Waals surface area contributed by atoms with Crippen molar-refractivity contribution >= 4 is 40.9 Å². The molecule has 2 amide bonds. The summed E-state index contributed by atoms with van der Waals surface area (Å²) in [7, 11) is 0. The lowest BCUT2D eigenvalue weighted by Gasteiger charge is -2.10. The predicted molar refractivity (Wildman–Crippen MR) is 112 cm³/mol. The van der Waals surface area contributed by atoms with Crippen LogP contribution in [-0.2, 0) is 4.79 Å². The van der Waals surface area contributed by atoms with Crippen molar-refractivity contribution in [2.75, 3.05) is 18.1 Å². The molecule has 0 bridgehead atoms. The van der Waals surface area contributed by atoms with E-state index in [2.05, 4.69) is 15.6 Å². The molecule has 8 heteroatoms. The number of amides is 2. The van der Waals surface area contributed by atoms with E-state index in [1.54, 1.807) is 30.5 Å². The summed E-state index contributed by atoms with van der Waals surface area (Å²) in [4.78, 5) is 28.6. The summed E-state index contributed by atoms with van der Waals surface area (Å²) in [5, 5.41) is 6.62. The number of aromatic nitrogens is 2. The summed E-state index contributed by atoms with van der Waals surface area (Å²) in [5.74, 6) is -0.675. The molecule has 3 aromatic rings. The topological polar surface area (TPSA) is 76.0 Å². The Balaban J connectivity index is 1.58. The van der Waals surface area contributed by atoms with Gasteiger partial charge in [-0.15, -0.1) is 0 Å². The van der Waals surface area contributed by atoms with Crippen LogP contribution >= 0.6 is 23.4 Å². The van der Waals surface area contributed by atoms with Crippen molar-refractivity contribution in [3.05, 3.63) is 71.0 Å². The van der Waals surface area contributed by atoms with Crippen molar-refractivity contribution in [2.45, 2.75) is 12.1 Å². The number of anilines is 1. The minimum atomic E-state index is -0.348. The average molecular weight is 415 g/mol. The molecule has 0 atom stereocenters. The number of hydrogen-bond acceptors (Lipinski definition) is 4. The van der Waals surface area contributed by atoms with Gasteiger partial charge in [0.2, 0.25) is 5.91 Å². The summed E-state index contributed by atoms with van der Waals surface area (Å²) >= 11 is 7.64. The Kier molecular flexibility index (Phi) is 6.38. The molecular weight excluding hydrogens is 396 g/mol. The fourth-order valence-corrected chi connectivity index (χ4v) is 3.40. The van der Waals surface area contributed by atoms with E-state index in [0.717, 1.165) is 16.4 Å². The van der Waals surface area contributed by atoms with Crippen LogP contribution < -0.4 is 10.6 Å². The Labute approximate surface area is 172 Å². The summed E-state index contributed by atoms with van der Waals surface area (Å²) in [6.45, 7) is 1.76. The first-order chi connectivity index (χ1) is 13.5. The highest BCUT2D eigenvalue weighted by Crippen LogP contribution is 2.22. The Morgan fingerprint density at radius 1 is 1.18 bits per heavy atom. The molecule has 0 aliphatic heterocycles. The molecule has 0 aliphatic rings. The first kappa shape index (κ1) is 20.0. The lowest BCUT2D eigenvalue weighted by atomic mass is 10.2. The summed E-state index contributed by atoms with van der Waals surface area (Å²) < 4.78 is 1.94. The van der Waals surface area contributed by atoms with E-state index in [4.69, 9.17) is 11.6 Å². The zero-order valence-corrected chi connectivity index (χ0v) is 17.0. The third kappa shape index (κ3) is 4.74. The fourth-order valence-electron chi connectivity index (χ4n) is 2.59. The number of imidazole rings is 1. The number of carbonyl (C=O) groups excluding carboxylic acids is 2. The Hall–Kier alpha value is -2.77. The summed E-state index contributed by atoms with van der Waals surface area (Å²) in [5.41, 5.74) is 2.89. The number of carbonyl (C=O) groups is 2. The molecule has 28 heavy (non-hydrogen) atoms. The molecule has 2 aromatic carbocycles. The minimum Gasteiger partial charge on any atom is -0.343 e. The molecule has 2 N–H and O–H groups in total. The van der Waals surface area contributed by atoms with Gasteiger partial charge in [0.05, 0.1) is 17.3 Å². The van der Waals surface area contributed by atoms with Crippen molar-refractivity contribution in [2.24, 2.45) is 0 Å². The number of nitrogens with one attached hydrogen (secondary N) is 2. The van der Waals surface area contributed by atoms with E-state index < -0.39 is 0 Å². The SMILES string of the molecule is CSc1nccn1-c1ccc(C(=O)NCC(=O)Nc2ccc(C)cc2Cl)cc1. The van der Waals surface area contributed by atoms with Crippen molar-refractivity contribution in [1.82, 2.24) is 14.9 Å². The molecule has 0 spiro atoms. The second-order valence-corrected chi connectivity index (χ2v) is 7.23. The van der Waals surface area contributed by atoms with Crippen LogP contribution in [0.4, 0.5) is 5.69 Å². The van der Waals surface area contributed by atoms with E-state index in [1.165, 1.54) is 11.8 Å². The lowest BCUT2D eigenvalue weighted by Crippen LogP contribution is -2.32. The van der Waals surface area contributed by atoms with E-state index in [-0.39, 0.29) is 18.4 Å². The van der Waals surface area contributed by atoms with E-state index in [1.807, 2.05) is 42.1 Å². The van der Waals surface area contributed by atoms with Gasteiger partial charge in [-0.2, -0.15) is 0 Å². The van der Waals surface area contributed by atoms with Crippen LogP contribution in [0, 0.1) is 6.92 Å². The van der Waals surface area contributed by atoms with Crippen LogP contribution in [0.3, 0.4) is 0 Å². The van der Waals surface area contributed by atoms with Gasteiger partial charge in [0, 0.05) is 23.6 Å². The fraction of sp³-hybridized carbons (Fsp3) is 0.150. The van der Waals surface area contributed by atoms with Crippen molar-refractivity contribution in [3.8, 4) is 5.69 Å². The molecule has 1 aromatic heterocycles. The van der Waals surface area contributed by atoms with Gasteiger partial charge in [0.1, 0.15) is 0 Å². The van der Waals surface area contributed by atoms with Crippen molar-refractivity contribution in [1.29, 1.82) is 0 Å². The second-order valence-electron chi connectivity index (χ2n) is 6.04. The third-order valence-corrected chi connectivity index (χ3v) is 4.99. The summed E-state index contributed by atoms with van der Waals surface area (Å²) in [6, 6.07) is 12.4. The highest BCUT2D eigenvalue weighted by molar-refractivity contribution is 7.98. The van der Waals surface area contributed by atoms with Crippen LogP contribution in [-0.4, -0.2) is 34.2 Å². The molecule has 144 valence electrons. The highest BCUT2D eigenvalue weighted by atomic mass is 35.5. The maximum atomic E-state index is 12.3. The quantitative estimate of drug-likeness (QED) is 0.599. The van der Waals surface area contributed by atoms with Crippen LogP contribution in [0.15, 0.2) is 60.0 Å². The first-order valence-corrected chi connectivity index (χ1v) is 10.1. The molecule has 0 radical (unpaired) electrons. The molecular formula is C20H19ClN4O2S. The zero-order chi connectivity index (χ0) is 20.1. The van der Waals surface area contributed by atoms with Crippen LogP contribution in [0.25, 0.3) is 5.69 Å². The lowest BCUT2D eigenvalue weighted by molar-refractivity contribution is -0.115. The van der Waals surface area contributed by atoms with Gasteiger partial charge in [-0.05, 0) is 55.1 Å². The molecule has 1 heterocycles. The Morgan fingerprint density at radius 3 is 2.61 bits per heavy atom. The maximum absolute atomic E-state index is 12.3. The zero-order valence-electron chi connectivity index (χ0n) is 15.4. The number of aryl methyl sites for hydroxylation is 1. The average Bonchev–Trinajstić information content (AvgIpc) is 3.17. The molecule has 3 rings (SSSR count). The van der Waals surface area contributed by atoms with E-state index in [9.17, 15) is 9.59 Å². The maximum Gasteiger partial charge on any atom is 0.251 e. The van der Waals surface area contributed by atoms with Crippen LogP contribution in [0.2, 0.25) is 5.02 Å². The second kappa shape index (κ2) is 8.95. The number of halogens is 1. The van der Waals surface area contributed by atoms with Gasteiger partial charge in [0.25, 0.3) is 5.91 Å². The van der Waals surface area contributed by atoms with Crippen molar-refractivity contribution in [3.63, 3.8) is 0 Å². The molecule has 6 nitrogen and oxygen atoms in total. The van der Waals surface area contributed by atoms with Gasteiger partial charge >= 0.3 is 0 Å². The van der Waals surface area contributed by atoms with Gasteiger partial charge in [0.15, 0.2) is 5.16 Å². The molecule has 0 saturated carbocycles. The van der Waals surface area contributed by atoms with E-state index in [0.29, 0.717) is 16.3 Å². The Bertz CT molecular complexity index is 1000. The number of rotatable bonds is 6. The smallest absolute Gasteiger partial charge is 0.251 e. The van der Waals surface area contributed by atoms with Gasteiger partial charge in [-0.3, -0.25) is 14.2 Å². The minimum absolute atomic E-state index is 0.150. The molecule has 0 saturated heterocycles. The number of thioether (sulfide) groups is 1. The van der Waals surface area contributed by atoms with Gasteiger partial charge in [-0.25, -0.2) is 4.98 Å². The van der Waals surface area contributed by atoms with Crippen LogP contribution in [0.5, 0.6) is 0 Å². The normalized spacial score (nSPS) is 10.5. The molecule has 0 fully saturated rings. The number of benzene rings is 2.